The monoisotopic (exact) mass is 934 g/mol. The van der Waals surface area contributed by atoms with Crippen LogP contribution in [0.3, 0.4) is 0 Å². The van der Waals surface area contributed by atoms with E-state index in [0.717, 1.165) is 49.3 Å². The average Bonchev–Trinajstić information content (AvgIpc) is 4.02. The van der Waals surface area contributed by atoms with Gasteiger partial charge in [0.1, 0.15) is 0 Å². The third-order valence-corrected chi connectivity index (χ3v) is 15.4. The summed E-state index contributed by atoms with van der Waals surface area (Å²) in [6.45, 7) is 0. The van der Waals surface area contributed by atoms with E-state index in [0.29, 0.717) is 17.5 Å². The Morgan fingerprint density at radius 3 is 1.39 bits per heavy atom. The molecule has 0 amide bonds. The molecule has 14 aromatic rings. The van der Waals surface area contributed by atoms with Crippen LogP contribution in [0.4, 0.5) is 0 Å². The molecule has 0 aliphatic rings. The van der Waals surface area contributed by atoms with Crippen molar-refractivity contribution in [3.8, 4) is 84.4 Å². The van der Waals surface area contributed by atoms with Crippen molar-refractivity contribution in [2.24, 2.45) is 0 Å². The lowest BCUT2D eigenvalue weighted by molar-refractivity contribution is 1.08. The zero-order chi connectivity index (χ0) is 47.5. The highest BCUT2D eigenvalue weighted by atomic mass is 32.1. The van der Waals surface area contributed by atoms with Crippen LogP contribution in [-0.4, -0.2) is 19.5 Å². The van der Waals surface area contributed by atoms with E-state index in [1.165, 1.54) is 70.3 Å². The molecule has 0 aliphatic carbocycles. The van der Waals surface area contributed by atoms with Crippen LogP contribution in [0, 0.1) is 0 Å². The second-order valence-corrected chi connectivity index (χ2v) is 19.3. The molecule has 0 atom stereocenters. The summed E-state index contributed by atoms with van der Waals surface area (Å²) >= 11 is 1.81. The lowest BCUT2D eigenvalue weighted by Gasteiger charge is -2.14. The lowest BCUT2D eigenvalue weighted by Crippen LogP contribution is -2.02. The van der Waals surface area contributed by atoms with Crippen molar-refractivity contribution < 1.29 is 0 Å². The Morgan fingerprint density at radius 1 is 0.278 bits per heavy atom. The van der Waals surface area contributed by atoms with Crippen molar-refractivity contribution in [2.45, 2.75) is 0 Å². The van der Waals surface area contributed by atoms with E-state index in [9.17, 15) is 0 Å². The first-order chi connectivity index (χ1) is 35.7. The van der Waals surface area contributed by atoms with E-state index < -0.39 is 0 Å². The SMILES string of the molecule is c1ccc(-c2ccc(-c3ccccc3-c3nc(-c4ccccc4-c4ccccc4)nc(-c4cccc5c4sc4c(-n6c7ccc(-c8ccccc8)cc7c7c8ccccc8ccc76)cccc45)n3)cc2)cc1. The molecule has 0 unspecified atom stereocenters. The highest BCUT2D eigenvalue weighted by Crippen LogP contribution is 2.46. The number of nitrogens with zero attached hydrogens (tertiary/aromatic N) is 4. The summed E-state index contributed by atoms with van der Waals surface area (Å²) in [4.78, 5) is 16.3. The maximum absolute atomic E-state index is 5.47. The average molecular weight is 935 g/mol. The first kappa shape index (κ1) is 41.7. The van der Waals surface area contributed by atoms with Gasteiger partial charge in [0.15, 0.2) is 17.5 Å². The molecular formula is C67H42N4S. The quantitative estimate of drug-likeness (QED) is 0.152. The van der Waals surface area contributed by atoms with Crippen molar-refractivity contribution >= 4 is 64.1 Å². The van der Waals surface area contributed by atoms with Gasteiger partial charge in [-0.25, -0.2) is 15.0 Å². The van der Waals surface area contributed by atoms with Crippen molar-refractivity contribution in [2.75, 3.05) is 0 Å². The molecule has 0 spiro atoms. The molecule has 0 radical (unpaired) electrons. The standard InChI is InChI=1S/C67H42N4S/c1-4-18-43(19-5-1)45-34-36-48(37-35-45)51-26-13-15-29-56(51)66-68-65(55-28-14-12-25-50(55)46-22-8-3-9-23-46)69-67(70-66)57-32-16-30-53-54-31-17-33-61(64(54)72-63(53)57)71-59-40-39-49(44-20-6-2-7-21-44)42-58(59)62-52-27-11-10-24-47(52)38-41-60(62)71/h1-42H. The molecule has 11 aromatic carbocycles. The Morgan fingerprint density at radius 2 is 0.722 bits per heavy atom. The molecule has 72 heavy (non-hydrogen) atoms. The predicted octanol–water partition coefficient (Wildman–Crippen LogP) is 18.2. The number of fused-ring (bicyclic) bond motifs is 8. The Hall–Kier alpha value is -9.29. The summed E-state index contributed by atoms with van der Waals surface area (Å²) in [6, 6.07) is 91.0. The van der Waals surface area contributed by atoms with Crippen LogP contribution in [0.2, 0.25) is 0 Å². The van der Waals surface area contributed by atoms with Gasteiger partial charge in [-0.15, -0.1) is 11.3 Å². The summed E-state index contributed by atoms with van der Waals surface area (Å²) in [5, 5.41) is 7.32. The van der Waals surface area contributed by atoms with Crippen LogP contribution in [0.1, 0.15) is 0 Å². The van der Waals surface area contributed by atoms with Gasteiger partial charge < -0.3 is 4.57 Å². The van der Waals surface area contributed by atoms with Gasteiger partial charge >= 0.3 is 0 Å². The van der Waals surface area contributed by atoms with Gasteiger partial charge in [-0.05, 0) is 85.6 Å². The van der Waals surface area contributed by atoms with E-state index in [2.05, 4.69) is 259 Å². The first-order valence-electron chi connectivity index (χ1n) is 24.3. The summed E-state index contributed by atoms with van der Waals surface area (Å²) < 4.78 is 4.81. The molecule has 0 bridgehead atoms. The molecule has 3 aromatic heterocycles. The van der Waals surface area contributed by atoms with Crippen LogP contribution in [-0.2, 0) is 0 Å². The van der Waals surface area contributed by atoms with Gasteiger partial charge in [0.25, 0.3) is 0 Å². The molecule has 5 heteroatoms. The fraction of sp³-hybridized carbons (Fsp3) is 0. The molecule has 0 saturated heterocycles. The second-order valence-electron chi connectivity index (χ2n) is 18.3. The fourth-order valence-corrected chi connectivity index (χ4v) is 12.0. The lowest BCUT2D eigenvalue weighted by atomic mass is 9.96. The van der Waals surface area contributed by atoms with Gasteiger partial charge in [0.2, 0.25) is 0 Å². The number of aromatic nitrogens is 4. The number of hydrogen-bond acceptors (Lipinski definition) is 4. The van der Waals surface area contributed by atoms with Crippen molar-refractivity contribution in [3.63, 3.8) is 0 Å². The second kappa shape index (κ2) is 17.3. The Balaban J connectivity index is 0.982. The number of rotatable bonds is 8. The van der Waals surface area contributed by atoms with Crippen molar-refractivity contribution in [1.29, 1.82) is 0 Å². The van der Waals surface area contributed by atoms with E-state index in [1.807, 2.05) is 11.3 Å². The summed E-state index contributed by atoms with van der Waals surface area (Å²) in [5.41, 5.74) is 15.4. The van der Waals surface area contributed by atoms with E-state index in [-0.39, 0.29) is 0 Å². The minimum Gasteiger partial charge on any atom is -0.308 e. The van der Waals surface area contributed by atoms with Crippen molar-refractivity contribution in [1.82, 2.24) is 19.5 Å². The minimum atomic E-state index is 0.617. The highest BCUT2D eigenvalue weighted by molar-refractivity contribution is 7.26. The molecule has 4 nitrogen and oxygen atoms in total. The summed E-state index contributed by atoms with van der Waals surface area (Å²) in [5.74, 6) is 1.87. The number of hydrogen-bond donors (Lipinski definition) is 0. The topological polar surface area (TPSA) is 43.6 Å². The smallest absolute Gasteiger partial charge is 0.165 e. The number of thiophene rings is 1. The molecule has 336 valence electrons. The van der Waals surface area contributed by atoms with E-state index >= 15 is 0 Å². The Labute approximate surface area is 420 Å². The summed E-state index contributed by atoms with van der Waals surface area (Å²) in [7, 11) is 0. The zero-order valence-electron chi connectivity index (χ0n) is 38.9. The third kappa shape index (κ3) is 7.01. The predicted molar refractivity (Wildman–Crippen MR) is 303 cm³/mol. The van der Waals surface area contributed by atoms with Crippen LogP contribution < -0.4 is 0 Å². The fourth-order valence-electron chi connectivity index (χ4n) is 10.7. The maximum atomic E-state index is 5.47. The molecule has 0 saturated carbocycles. The Bertz CT molecular complexity index is 4370. The van der Waals surface area contributed by atoms with E-state index in [4.69, 9.17) is 15.0 Å². The van der Waals surface area contributed by atoms with Crippen LogP contribution in [0.25, 0.3) is 137 Å². The molecular weight excluding hydrogens is 893 g/mol. The normalized spacial score (nSPS) is 11.6. The zero-order valence-corrected chi connectivity index (χ0v) is 39.8. The van der Waals surface area contributed by atoms with E-state index in [1.54, 1.807) is 0 Å². The van der Waals surface area contributed by atoms with Crippen LogP contribution >= 0.6 is 11.3 Å². The molecule has 0 fully saturated rings. The summed E-state index contributed by atoms with van der Waals surface area (Å²) in [6.07, 6.45) is 0. The maximum Gasteiger partial charge on any atom is 0.165 e. The Kier molecular flexibility index (Phi) is 10.0. The molecule has 0 aliphatic heterocycles. The highest BCUT2D eigenvalue weighted by Gasteiger charge is 2.23. The molecule has 14 rings (SSSR count). The van der Waals surface area contributed by atoms with Crippen LogP contribution in [0.15, 0.2) is 255 Å². The van der Waals surface area contributed by atoms with Crippen LogP contribution in [0.5, 0.6) is 0 Å². The third-order valence-electron chi connectivity index (χ3n) is 14.1. The van der Waals surface area contributed by atoms with Crippen molar-refractivity contribution in [3.05, 3.63) is 255 Å². The molecule has 3 heterocycles. The van der Waals surface area contributed by atoms with Gasteiger partial charge in [-0.3, -0.25) is 0 Å². The van der Waals surface area contributed by atoms with Gasteiger partial charge in [-0.2, -0.15) is 0 Å². The number of benzene rings is 11. The van der Waals surface area contributed by atoms with Gasteiger partial charge in [0, 0.05) is 42.9 Å². The van der Waals surface area contributed by atoms with Gasteiger partial charge in [0.05, 0.1) is 21.4 Å². The largest absolute Gasteiger partial charge is 0.308 e. The first-order valence-corrected chi connectivity index (χ1v) is 25.2. The molecule has 0 N–H and O–H groups in total. The minimum absolute atomic E-state index is 0.617. The van der Waals surface area contributed by atoms with Gasteiger partial charge in [-0.1, -0.05) is 224 Å².